The molecule has 0 aliphatic rings. The Kier molecular flexibility index (Phi) is 5.13. The maximum absolute atomic E-state index is 11.3. The molecule has 1 N–H and O–H groups in total. The van der Waals surface area contributed by atoms with Crippen LogP contribution in [-0.4, -0.2) is 30.0 Å². The topological polar surface area (TPSA) is 68.3 Å². The highest BCUT2D eigenvalue weighted by Gasteiger charge is 2.06. The molecule has 0 bridgehead atoms. The lowest BCUT2D eigenvalue weighted by atomic mass is 10.2. The van der Waals surface area contributed by atoms with Crippen LogP contribution in [0.15, 0.2) is 18.3 Å². The van der Waals surface area contributed by atoms with Gasteiger partial charge in [0.25, 0.3) is 0 Å². The number of hydrogen-bond donors (Lipinski definition) is 1. The molecule has 1 aromatic heterocycles. The monoisotopic (exact) mass is 236 g/mol. The Labute approximate surface area is 100 Å². The fourth-order valence-corrected chi connectivity index (χ4v) is 1.27. The number of carbonyl (C=O) groups excluding carboxylic acids is 2. The van der Waals surface area contributed by atoms with Crippen molar-refractivity contribution in [1.29, 1.82) is 0 Å². The molecule has 1 heterocycles. The minimum atomic E-state index is -0.367. The summed E-state index contributed by atoms with van der Waals surface area (Å²) in [6.07, 6.45) is 2.13. The summed E-state index contributed by atoms with van der Waals surface area (Å²) >= 11 is 0. The smallest absolute Gasteiger partial charge is 0.339 e. The molecule has 0 unspecified atom stereocenters. The second kappa shape index (κ2) is 6.62. The van der Waals surface area contributed by atoms with Crippen LogP contribution in [0.4, 0.5) is 0 Å². The van der Waals surface area contributed by atoms with Crippen molar-refractivity contribution in [2.45, 2.75) is 20.3 Å². The van der Waals surface area contributed by atoms with Crippen LogP contribution >= 0.6 is 0 Å². The molecule has 0 fully saturated rings. The Morgan fingerprint density at radius 3 is 2.71 bits per heavy atom. The van der Waals surface area contributed by atoms with E-state index in [0.717, 1.165) is 5.69 Å². The van der Waals surface area contributed by atoms with Gasteiger partial charge in [0.15, 0.2) is 0 Å². The van der Waals surface area contributed by atoms with Crippen LogP contribution in [0.25, 0.3) is 0 Å². The largest absolute Gasteiger partial charge is 0.462 e. The van der Waals surface area contributed by atoms with E-state index in [1.807, 2.05) is 0 Å². The van der Waals surface area contributed by atoms with Gasteiger partial charge in [-0.15, -0.1) is 0 Å². The van der Waals surface area contributed by atoms with Crippen LogP contribution in [0, 0.1) is 0 Å². The first-order valence-corrected chi connectivity index (χ1v) is 5.50. The molecule has 0 radical (unpaired) electrons. The molecule has 0 aliphatic carbocycles. The van der Waals surface area contributed by atoms with Crippen LogP contribution in [-0.2, 0) is 16.0 Å². The zero-order valence-corrected chi connectivity index (χ0v) is 10.0. The Morgan fingerprint density at radius 1 is 1.41 bits per heavy atom. The average molecular weight is 236 g/mol. The van der Waals surface area contributed by atoms with Gasteiger partial charge in [0, 0.05) is 31.8 Å². The normalized spacial score (nSPS) is 9.76. The lowest BCUT2D eigenvalue weighted by Crippen LogP contribution is -2.22. The van der Waals surface area contributed by atoms with Gasteiger partial charge in [0.1, 0.15) is 0 Å². The van der Waals surface area contributed by atoms with Gasteiger partial charge >= 0.3 is 5.97 Å². The van der Waals surface area contributed by atoms with Crippen LogP contribution < -0.4 is 5.32 Å². The first-order valence-electron chi connectivity index (χ1n) is 5.50. The maximum Gasteiger partial charge on any atom is 0.339 e. The van der Waals surface area contributed by atoms with Crippen molar-refractivity contribution in [2.24, 2.45) is 0 Å². The Morgan fingerprint density at radius 2 is 2.18 bits per heavy atom. The summed E-state index contributed by atoms with van der Waals surface area (Å²) in [6.45, 7) is 4.12. The number of hydrogen-bond acceptors (Lipinski definition) is 4. The van der Waals surface area contributed by atoms with E-state index in [1.54, 1.807) is 19.1 Å². The second-order valence-electron chi connectivity index (χ2n) is 3.49. The van der Waals surface area contributed by atoms with Crippen molar-refractivity contribution in [3.63, 3.8) is 0 Å². The van der Waals surface area contributed by atoms with E-state index in [1.165, 1.54) is 13.1 Å². The van der Waals surface area contributed by atoms with Gasteiger partial charge in [-0.05, 0) is 19.1 Å². The van der Waals surface area contributed by atoms with Gasteiger partial charge in [0.2, 0.25) is 5.91 Å². The number of nitrogens with one attached hydrogen (secondary N) is 1. The number of nitrogens with zero attached hydrogens (tertiary/aromatic N) is 1. The molecule has 0 aromatic carbocycles. The molecule has 0 aliphatic heterocycles. The Bertz CT molecular complexity index is 387. The standard InChI is InChI=1S/C12H16N2O3/c1-3-17-12(16)10-4-5-11(14-8-10)6-7-13-9(2)15/h4-5,8H,3,6-7H2,1-2H3,(H,13,15). The number of rotatable bonds is 5. The van der Waals surface area contributed by atoms with Gasteiger partial charge in [0.05, 0.1) is 12.2 Å². The molecule has 1 amide bonds. The van der Waals surface area contributed by atoms with E-state index >= 15 is 0 Å². The number of carbonyl (C=O) groups is 2. The van der Waals surface area contributed by atoms with Crippen molar-refractivity contribution in [3.8, 4) is 0 Å². The van der Waals surface area contributed by atoms with Gasteiger partial charge in [-0.3, -0.25) is 9.78 Å². The highest BCUT2D eigenvalue weighted by atomic mass is 16.5. The third kappa shape index (κ3) is 4.63. The fraction of sp³-hybridized carbons (Fsp3) is 0.417. The number of pyridine rings is 1. The molecular formula is C12H16N2O3. The molecule has 5 heteroatoms. The predicted molar refractivity (Wildman–Crippen MR) is 62.6 cm³/mol. The van der Waals surface area contributed by atoms with Crippen LogP contribution in [0.1, 0.15) is 29.9 Å². The van der Waals surface area contributed by atoms with E-state index in [2.05, 4.69) is 10.3 Å². The third-order valence-electron chi connectivity index (χ3n) is 2.09. The minimum absolute atomic E-state index is 0.0619. The molecule has 92 valence electrons. The van der Waals surface area contributed by atoms with Gasteiger partial charge in [-0.1, -0.05) is 0 Å². The van der Waals surface area contributed by atoms with Crippen molar-refractivity contribution < 1.29 is 14.3 Å². The summed E-state index contributed by atoms with van der Waals surface area (Å²) in [4.78, 5) is 26.1. The molecule has 0 spiro atoms. The predicted octanol–water partition coefficient (Wildman–Crippen LogP) is 0.937. The summed E-state index contributed by atoms with van der Waals surface area (Å²) < 4.78 is 4.84. The van der Waals surface area contributed by atoms with Crippen LogP contribution in [0.2, 0.25) is 0 Å². The highest BCUT2D eigenvalue weighted by Crippen LogP contribution is 2.02. The van der Waals surface area contributed by atoms with Crippen LogP contribution in [0.5, 0.6) is 0 Å². The van der Waals surface area contributed by atoms with Gasteiger partial charge in [-0.25, -0.2) is 4.79 Å². The van der Waals surface area contributed by atoms with Gasteiger partial charge < -0.3 is 10.1 Å². The summed E-state index contributed by atoms with van der Waals surface area (Å²) in [6, 6.07) is 3.43. The van der Waals surface area contributed by atoms with Crippen molar-refractivity contribution in [1.82, 2.24) is 10.3 Å². The third-order valence-corrected chi connectivity index (χ3v) is 2.09. The molecule has 0 saturated heterocycles. The SMILES string of the molecule is CCOC(=O)c1ccc(CCNC(C)=O)nc1. The average Bonchev–Trinajstić information content (AvgIpc) is 2.30. The summed E-state index contributed by atoms with van der Waals surface area (Å²) in [5.74, 6) is -0.429. The van der Waals surface area contributed by atoms with Gasteiger partial charge in [-0.2, -0.15) is 0 Å². The molecule has 0 saturated carbocycles. The van der Waals surface area contributed by atoms with E-state index in [9.17, 15) is 9.59 Å². The lowest BCUT2D eigenvalue weighted by Gasteiger charge is -2.04. The zero-order chi connectivity index (χ0) is 12.7. The lowest BCUT2D eigenvalue weighted by molar-refractivity contribution is -0.118. The number of esters is 1. The fourth-order valence-electron chi connectivity index (χ4n) is 1.27. The zero-order valence-electron chi connectivity index (χ0n) is 10.0. The molecule has 0 atom stereocenters. The number of amides is 1. The second-order valence-corrected chi connectivity index (χ2v) is 3.49. The summed E-state index contributed by atoms with van der Waals surface area (Å²) in [7, 11) is 0. The van der Waals surface area contributed by atoms with Crippen LogP contribution in [0.3, 0.4) is 0 Å². The first kappa shape index (κ1) is 13.2. The molecule has 1 rings (SSSR count). The summed E-state index contributed by atoms with van der Waals surface area (Å²) in [5.41, 5.74) is 1.27. The van der Waals surface area contributed by atoms with Crippen molar-refractivity contribution in [3.05, 3.63) is 29.6 Å². The first-order chi connectivity index (χ1) is 8.13. The minimum Gasteiger partial charge on any atom is -0.462 e. The molecular weight excluding hydrogens is 220 g/mol. The Hall–Kier alpha value is -1.91. The van der Waals surface area contributed by atoms with E-state index in [-0.39, 0.29) is 11.9 Å². The number of aromatic nitrogens is 1. The molecule has 5 nitrogen and oxygen atoms in total. The van der Waals surface area contributed by atoms with E-state index in [0.29, 0.717) is 25.1 Å². The van der Waals surface area contributed by atoms with Crippen molar-refractivity contribution >= 4 is 11.9 Å². The highest BCUT2D eigenvalue weighted by molar-refractivity contribution is 5.88. The number of ether oxygens (including phenoxy) is 1. The van der Waals surface area contributed by atoms with E-state index < -0.39 is 0 Å². The maximum atomic E-state index is 11.3. The van der Waals surface area contributed by atoms with E-state index in [4.69, 9.17) is 4.74 Å². The summed E-state index contributed by atoms with van der Waals surface area (Å²) in [5, 5.41) is 2.68. The quantitative estimate of drug-likeness (QED) is 0.772. The Balaban J connectivity index is 2.50. The molecule has 17 heavy (non-hydrogen) atoms. The van der Waals surface area contributed by atoms with Crippen molar-refractivity contribution in [2.75, 3.05) is 13.2 Å². The molecule has 1 aromatic rings.